The fourth-order valence-corrected chi connectivity index (χ4v) is 1.31. The van der Waals surface area contributed by atoms with Crippen LogP contribution >= 0.6 is 0 Å². The van der Waals surface area contributed by atoms with Crippen LogP contribution in [-0.4, -0.2) is 7.11 Å². The van der Waals surface area contributed by atoms with Gasteiger partial charge in [-0.1, -0.05) is 44.2 Å². The van der Waals surface area contributed by atoms with E-state index in [0.717, 1.165) is 12.5 Å². The summed E-state index contributed by atoms with van der Waals surface area (Å²) < 4.78 is 5.36. The number of hydrogen-bond donors (Lipinski definition) is 0. The number of benzene rings is 1. The van der Waals surface area contributed by atoms with Crippen molar-refractivity contribution in [2.45, 2.75) is 20.3 Å². The number of methoxy groups -OCH3 is 1. The van der Waals surface area contributed by atoms with Crippen molar-refractivity contribution < 1.29 is 4.74 Å². The van der Waals surface area contributed by atoms with Crippen LogP contribution < -0.4 is 0 Å². The smallest absolute Gasteiger partial charge is 0.126 e. The van der Waals surface area contributed by atoms with E-state index in [1.165, 1.54) is 5.56 Å². The maximum absolute atomic E-state index is 5.36. The van der Waals surface area contributed by atoms with Crippen molar-refractivity contribution in [3.63, 3.8) is 0 Å². The molecule has 1 nitrogen and oxygen atoms in total. The molecule has 0 aromatic heterocycles. The van der Waals surface area contributed by atoms with Gasteiger partial charge in [0.15, 0.2) is 0 Å². The highest BCUT2D eigenvalue weighted by Crippen LogP contribution is 2.22. The van der Waals surface area contributed by atoms with Crippen LogP contribution in [0.1, 0.15) is 25.8 Å². The molecule has 0 spiro atoms. The predicted molar refractivity (Wildman–Crippen MR) is 55.3 cm³/mol. The minimum Gasteiger partial charge on any atom is -0.370 e. The van der Waals surface area contributed by atoms with Gasteiger partial charge in [-0.15, -0.1) is 0 Å². The van der Waals surface area contributed by atoms with Crippen LogP contribution in [0.2, 0.25) is 0 Å². The second kappa shape index (κ2) is 5.03. The molecule has 1 aromatic carbocycles. The van der Waals surface area contributed by atoms with Gasteiger partial charge < -0.3 is 4.74 Å². The molecule has 0 bridgehead atoms. The molecular weight excluding hydrogens is 160 g/mol. The molecule has 0 saturated carbocycles. The molecule has 1 heteroatoms. The lowest BCUT2D eigenvalue weighted by Gasteiger charge is -2.16. The van der Waals surface area contributed by atoms with E-state index in [9.17, 15) is 0 Å². The summed E-state index contributed by atoms with van der Waals surface area (Å²) in [5.41, 5.74) is 1.19. The van der Waals surface area contributed by atoms with Gasteiger partial charge >= 0.3 is 0 Å². The van der Waals surface area contributed by atoms with Gasteiger partial charge in [0.25, 0.3) is 0 Å². The molecule has 1 radical (unpaired) electrons. The Hall–Kier alpha value is -0.820. The maximum atomic E-state index is 5.36. The first-order valence-corrected chi connectivity index (χ1v) is 4.69. The normalized spacial score (nSPS) is 11.2. The molecule has 0 amide bonds. The molecule has 0 aliphatic heterocycles. The molecule has 1 rings (SSSR count). The summed E-state index contributed by atoms with van der Waals surface area (Å²) in [6.45, 7) is 4.39. The molecule has 13 heavy (non-hydrogen) atoms. The van der Waals surface area contributed by atoms with Crippen molar-refractivity contribution in [2.24, 2.45) is 5.92 Å². The molecule has 0 aliphatic carbocycles. The monoisotopic (exact) mass is 177 g/mol. The van der Waals surface area contributed by atoms with Crippen LogP contribution in [0.25, 0.3) is 0 Å². The number of ether oxygens (including phenoxy) is 1. The SMILES string of the molecule is CO[C](CC(C)C)c1ccccc1. The van der Waals surface area contributed by atoms with Crippen LogP contribution in [0.15, 0.2) is 30.3 Å². The zero-order valence-electron chi connectivity index (χ0n) is 8.58. The summed E-state index contributed by atoms with van der Waals surface area (Å²) in [5.74, 6) is 0.634. The molecule has 0 N–H and O–H groups in total. The van der Waals surface area contributed by atoms with E-state index in [2.05, 4.69) is 26.0 Å². The van der Waals surface area contributed by atoms with Gasteiger partial charge in [0, 0.05) is 7.11 Å². The van der Waals surface area contributed by atoms with E-state index in [1.807, 2.05) is 18.2 Å². The molecule has 0 saturated heterocycles. The third-order valence-corrected chi connectivity index (χ3v) is 1.94. The van der Waals surface area contributed by atoms with Gasteiger partial charge in [0.1, 0.15) is 6.10 Å². The minimum atomic E-state index is 0.634. The minimum absolute atomic E-state index is 0.634. The van der Waals surface area contributed by atoms with Crippen LogP contribution in [0.5, 0.6) is 0 Å². The summed E-state index contributed by atoms with van der Waals surface area (Å²) in [6.07, 6.45) is 2.08. The van der Waals surface area contributed by atoms with E-state index in [1.54, 1.807) is 7.11 Å². The van der Waals surface area contributed by atoms with Gasteiger partial charge in [-0.2, -0.15) is 0 Å². The predicted octanol–water partition coefficient (Wildman–Crippen LogP) is 3.26. The van der Waals surface area contributed by atoms with Crippen molar-refractivity contribution in [3.8, 4) is 0 Å². The Balaban J connectivity index is 2.67. The summed E-state index contributed by atoms with van der Waals surface area (Å²) in [5, 5.41) is 0. The van der Waals surface area contributed by atoms with Crippen molar-refractivity contribution in [2.75, 3.05) is 7.11 Å². The van der Waals surface area contributed by atoms with E-state index in [4.69, 9.17) is 4.74 Å². The molecule has 0 fully saturated rings. The number of rotatable bonds is 4. The zero-order chi connectivity index (χ0) is 9.68. The lowest BCUT2D eigenvalue weighted by atomic mass is 10.00. The molecule has 0 heterocycles. The van der Waals surface area contributed by atoms with Crippen LogP contribution in [0.4, 0.5) is 0 Å². The highest BCUT2D eigenvalue weighted by atomic mass is 16.5. The summed E-state index contributed by atoms with van der Waals surface area (Å²) in [6, 6.07) is 10.3. The lowest BCUT2D eigenvalue weighted by Crippen LogP contribution is -2.05. The third-order valence-electron chi connectivity index (χ3n) is 1.94. The molecule has 1 aromatic rings. The van der Waals surface area contributed by atoms with Crippen molar-refractivity contribution in [1.29, 1.82) is 0 Å². The fraction of sp³-hybridized carbons (Fsp3) is 0.417. The lowest BCUT2D eigenvalue weighted by molar-refractivity contribution is 0.205. The summed E-state index contributed by atoms with van der Waals surface area (Å²) in [4.78, 5) is 0. The summed E-state index contributed by atoms with van der Waals surface area (Å²) >= 11 is 0. The first-order valence-electron chi connectivity index (χ1n) is 4.69. The third kappa shape index (κ3) is 3.19. The fourth-order valence-electron chi connectivity index (χ4n) is 1.31. The van der Waals surface area contributed by atoms with Gasteiger partial charge in [-0.3, -0.25) is 0 Å². The molecule has 71 valence electrons. The zero-order valence-corrected chi connectivity index (χ0v) is 8.58. The van der Waals surface area contributed by atoms with Crippen LogP contribution in [0.3, 0.4) is 0 Å². The van der Waals surface area contributed by atoms with Gasteiger partial charge in [0.05, 0.1) is 0 Å². The quantitative estimate of drug-likeness (QED) is 0.686. The average molecular weight is 177 g/mol. The highest BCUT2D eigenvalue weighted by Gasteiger charge is 2.12. The Labute approximate surface area is 80.7 Å². The van der Waals surface area contributed by atoms with Gasteiger partial charge in [-0.05, 0) is 17.9 Å². The molecule has 0 aliphatic rings. The van der Waals surface area contributed by atoms with Gasteiger partial charge in [0.2, 0.25) is 0 Å². The topological polar surface area (TPSA) is 9.23 Å². The van der Waals surface area contributed by atoms with E-state index >= 15 is 0 Å². The molecule has 0 atom stereocenters. The highest BCUT2D eigenvalue weighted by molar-refractivity contribution is 5.26. The van der Waals surface area contributed by atoms with E-state index < -0.39 is 0 Å². The Kier molecular flexibility index (Phi) is 3.97. The molecular formula is C12H17O. The van der Waals surface area contributed by atoms with E-state index in [0.29, 0.717) is 5.92 Å². The maximum Gasteiger partial charge on any atom is 0.126 e. The largest absolute Gasteiger partial charge is 0.370 e. The van der Waals surface area contributed by atoms with Crippen LogP contribution in [0, 0.1) is 12.0 Å². The van der Waals surface area contributed by atoms with Crippen molar-refractivity contribution >= 4 is 0 Å². The van der Waals surface area contributed by atoms with Crippen molar-refractivity contribution in [3.05, 3.63) is 42.0 Å². The standard InChI is InChI=1S/C12H17O/c1-10(2)9-12(13-3)11-7-5-4-6-8-11/h4-8,10H,9H2,1-3H3. The Morgan fingerprint density at radius 1 is 1.23 bits per heavy atom. The van der Waals surface area contributed by atoms with Crippen LogP contribution in [-0.2, 0) is 4.74 Å². The first kappa shape index (κ1) is 10.3. The molecule has 0 unspecified atom stereocenters. The second-order valence-corrected chi connectivity index (χ2v) is 3.59. The Bertz CT molecular complexity index is 228. The number of hydrogen-bond acceptors (Lipinski definition) is 1. The first-order chi connectivity index (χ1) is 6.24. The van der Waals surface area contributed by atoms with Crippen molar-refractivity contribution in [1.82, 2.24) is 0 Å². The Morgan fingerprint density at radius 3 is 2.31 bits per heavy atom. The van der Waals surface area contributed by atoms with E-state index in [-0.39, 0.29) is 0 Å². The van der Waals surface area contributed by atoms with Gasteiger partial charge in [-0.25, -0.2) is 0 Å². The average Bonchev–Trinajstić information content (AvgIpc) is 2.15. The second-order valence-electron chi connectivity index (χ2n) is 3.59. The summed E-state index contributed by atoms with van der Waals surface area (Å²) in [7, 11) is 1.74. The Morgan fingerprint density at radius 2 is 1.85 bits per heavy atom.